The summed E-state index contributed by atoms with van der Waals surface area (Å²) in [5, 5.41) is 4.74. The van der Waals surface area contributed by atoms with Crippen LogP contribution >= 0.6 is 11.6 Å². The number of nitrogens with zero attached hydrogens (tertiary/aromatic N) is 3. The van der Waals surface area contributed by atoms with Crippen LogP contribution in [0.25, 0.3) is 5.69 Å². The minimum absolute atomic E-state index is 0.0494. The van der Waals surface area contributed by atoms with Gasteiger partial charge in [-0.25, -0.2) is 13.1 Å². The Kier molecular flexibility index (Phi) is 6.36. The van der Waals surface area contributed by atoms with Crippen molar-refractivity contribution in [2.75, 3.05) is 7.05 Å². The molecular weight excluding hydrogens is 412 g/mol. The number of aromatic nitrogens is 2. The standard InChI is InChI=1S/C20H21ClN4O3S/c1-15(23-29(27,28)19-10-8-17(21)9-11-19)20(26)24(2)13-16-12-22-25(14-16)18-6-4-3-5-7-18/h3-12,14-15,23H,13H2,1-2H3/t15-/m0/s1. The van der Waals surface area contributed by atoms with E-state index in [-0.39, 0.29) is 10.8 Å². The number of halogens is 1. The van der Waals surface area contributed by atoms with Gasteiger partial charge in [0.15, 0.2) is 0 Å². The zero-order chi connectivity index (χ0) is 21.0. The summed E-state index contributed by atoms with van der Waals surface area (Å²) < 4.78 is 29.1. The Bertz CT molecular complexity index is 1080. The van der Waals surface area contributed by atoms with E-state index in [1.807, 2.05) is 36.5 Å². The highest BCUT2D eigenvalue weighted by atomic mass is 35.5. The van der Waals surface area contributed by atoms with Crippen LogP contribution in [0.2, 0.25) is 5.02 Å². The first-order valence-electron chi connectivity index (χ1n) is 8.88. The van der Waals surface area contributed by atoms with Crippen LogP contribution in [0.1, 0.15) is 12.5 Å². The molecule has 9 heteroatoms. The van der Waals surface area contributed by atoms with Gasteiger partial charge < -0.3 is 4.90 Å². The molecule has 152 valence electrons. The van der Waals surface area contributed by atoms with Crippen molar-refractivity contribution >= 4 is 27.5 Å². The van der Waals surface area contributed by atoms with Crippen LogP contribution in [0.5, 0.6) is 0 Å². The average Bonchev–Trinajstić information content (AvgIpc) is 3.16. The Morgan fingerprint density at radius 3 is 2.48 bits per heavy atom. The number of amides is 1. The lowest BCUT2D eigenvalue weighted by atomic mass is 10.2. The number of hydrogen-bond donors (Lipinski definition) is 1. The van der Waals surface area contributed by atoms with Gasteiger partial charge >= 0.3 is 0 Å². The highest BCUT2D eigenvalue weighted by Crippen LogP contribution is 2.15. The van der Waals surface area contributed by atoms with Gasteiger partial charge in [-0.3, -0.25) is 4.79 Å². The number of sulfonamides is 1. The number of likely N-dealkylation sites (N-methyl/N-ethyl adjacent to an activating group) is 1. The summed E-state index contributed by atoms with van der Waals surface area (Å²) in [7, 11) is -2.21. The first kappa shape index (κ1) is 21.0. The third kappa shape index (κ3) is 5.23. The van der Waals surface area contributed by atoms with E-state index in [1.165, 1.54) is 36.1 Å². The zero-order valence-electron chi connectivity index (χ0n) is 16.0. The highest BCUT2D eigenvalue weighted by Gasteiger charge is 2.24. The third-order valence-corrected chi connectivity index (χ3v) is 6.09. The minimum atomic E-state index is -3.83. The highest BCUT2D eigenvalue weighted by molar-refractivity contribution is 7.89. The summed E-state index contributed by atoms with van der Waals surface area (Å²) >= 11 is 5.79. The molecule has 2 aromatic carbocycles. The summed E-state index contributed by atoms with van der Waals surface area (Å²) in [6.07, 6.45) is 3.51. The van der Waals surface area contributed by atoms with Crippen molar-refractivity contribution < 1.29 is 13.2 Å². The normalized spacial score (nSPS) is 12.5. The molecule has 0 aliphatic carbocycles. The van der Waals surface area contributed by atoms with Crippen molar-refractivity contribution in [1.29, 1.82) is 0 Å². The zero-order valence-corrected chi connectivity index (χ0v) is 17.6. The fraction of sp³-hybridized carbons (Fsp3) is 0.200. The van der Waals surface area contributed by atoms with E-state index in [0.29, 0.717) is 11.6 Å². The Morgan fingerprint density at radius 1 is 1.17 bits per heavy atom. The maximum Gasteiger partial charge on any atom is 0.241 e. The lowest BCUT2D eigenvalue weighted by molar-refractivity contribution is -0.131. The van der Waals surface area contributed by atoms with Crippen LogP contribution in [0.4, 0.5) is 0 Å². The maximum absolute atomic E-state index is 12.6. The molecule has 0 saturated carbocycles. The third-order valence-electron chi connectivity index (χ3n) is 4.28. The fourth-order valence-corrected chi connectivity index (χ4v) is 4.13. The number of para-hydroxylation sites is 1. The smallest absolute Gasteiger partial charge is 0.241 e. The number of hydrogen-bond acceptors (Lipinski definition) is 4. The van der Waals surface area contributed by atoms with Crippen LogP contribution in [0.15, 0.2) is 71.9 Å². The molecule has 0 spiro atoms. The van der Waals surface area contributed by atoms with Gasteiger partial charge in [-0.2, -0.15) is 9.82 Å². The number of carbonyl (C=O) groups is 1. The van der Waals surface area contributed by atoms with Crippen LogP contribution < -0.4 is 4.72 Å². The van der Waals surface area contributed by atoms with Crippen LogP contribution in [0, 0.1) is 0 Å². The van der Waals surface area contributed by atoms with E-state index < -0.39 is 16.1 Å². The fourth-order valence-electron chi connectivity index (χ4n) is 2.81. The van der Waals surface area contributed by atoms with Crippen LogP contribution in [0.3, 0.4) is 0 Å². The van der Waals surface area contributed by atoms with Crippen molar-refractivity contribution in [2.45, 2.75) is 24.4 Å². The first-order valence-corrected chi connectivity index (χ1v) is 10.7. The summed E-state index contributed by atoms with van der Waals surface area (Å²) in [6.45, 7) is 1.82. The van der Waals surface area contributed by atoms with Crippen LogP contribution in [-0.4, -0.2) is 42.1 Å². The molecule has 0 aliphatic heterocycles. The van der Waals surface area contributed by atoms with E-state index >= 15 is 0 Å². The van der Waals surface area contributed by atoms with Gasteiger partial charge in [0.2, 0.25) is 15.9 Å². The van der Waals surface area contributed by atoms with Crippen molar-refractivity contribution in [3.63, 3.8) is 0 Å². The van der Waals surface area contributed by atoms with Crippen molar-refractivity contribution in [3.8, 4) is 5.69 Å². The first-order chi connectivity index (χ1) is 13.8. The maximum atomic E-state index is 12.6. The Labute approximate surface area is 175 Å². The largest absolute Gasteiger partial charge is 0.340 e. The Morgan fingerprint density at radius 2 is 1.83 bits per heavy atom. The van der Waals surface area contributed by atoms with Crippen molar-refractivity contribution in [3.05, 3.63) is 77.6 Å². The second-order valence-corrected chi connectivity index (χ2v) is 8.77. The molecule has 0 bridgehead atoms. The number of benzene rings is 2. The van der Waals surface area contributed by atoms with Crippen molar-refractivity contribution in [1.82, 2.24) is 19.4 Å². The Balaban J connectivity index is 1.64. The van der Waals surface area contributed by atoms with E-state index in [4.69, 9.17) is 11.6 Å². The number of rotatable bonds is 7. The number of nitrogens with one attached hydrogen (secondary N) is 1. The molecule has 0 radical (unpaired) electrons. The summed E-state index contributed by atoms with van der Waals surface area (Å²) in [5.41, 5.74) is 1.74. The monoisotopic (exact) mass is 432 g/mol. The average molecular weight is 433 g/mol. The quantitative estimate of drug-likeness (QED) is 0.622. The lowest BCUT2D eigenvalue weighted by Gasteiger charge is -2.21. The van der Waals surface area contributed by atoms with E-state index in [9.17, 15) is 13.2 Å². The van der Waals surface area contributed by atoms with Crippen molar-refractivity contribution in [2.24, 2.45) is 0 Å². The predicted molar refractivity (Wildman–Crippen MR) is 111 cm³/mol. The lowest BCUT2D eigenvalue weighted by Crippen LogP contribution is -2.45. The molecule has 3 aromatic rings. The number of carbonyl (C=O) groups excluding carboxylic acids is 1. The van der Waals surface area contributed by atoms with Gasteiger partial charge in [0.05, 0.1) is 22.8 Å². The second-order valence-electron chi connectivity index (χ2n) is 6.62. The van der Waals surface area contributed by atoms with Gasteiger partial charge in [-0.15, -0.1) is 0 Å². The van der Waals surface area contributed by atoms with E-state index in [0.717, 1.165) is 11.3 Å². The summed E-state index contributed by atoms with van der Waals surface area (Å²) in [4.78, 5) is 14.1. The van der Waals surface area contributed by atoms with E-state index in [2.05, 4.69) is 9.82 Å². The Hall–Kier alpha value is -2.68. The van der Waals surface area contributed by atoms with Gasteiger partial charge in [0.1, 0.15) is 0 Å². The van der Waals surface area contributed by atoms with Gasteiger partial charge in [0, 0.05) is 30.4 Å². The summed E-state index contributed by atoms with van der Waals surface area (Å²) in [5.74, 6) is -0.352. The van der Waals surface area contributed by atoms with Crippen LogP contribution in [-0.2, 0) is 21.4 Å². The van der Waals surface area contributed by atoms with Gasteiger partial charge in [-0.1, -0.05) is 29.8 Å². The molecule has 0 saturated heterocycles. The topological polar surface area (TPSA) is 84.3 Å². The SMILES string of the molecule is C[C@H](NS(=O)(=O)c1ccc(Cl)cc1)C(=O)N(C)Cc1cnn(-c2ccccc2)c1. The molecule has 1 aromatic heterocycles. The van der Waals surface area contributed by atoms with Gasteiger partial charge in [-0.05, 0) is 43.3 Å². The molecule has 0 aliphatic rings. The molecule has 7 nitrogen and oxygen atoms in total. The molecule has 1 amide bonds. The summed E-state index contributed by atoms with van der Waals surface area (Å²) in [6, 6.07) is 14.4. The molecule has 0 unspecified atom stereocenters. The molecule has 1 heterocycles. The predicted octanol–water partition coefficient (Wildman–Crippen LogP) is 2.85. The van der Waals surface area contributed by atoms with E-state index in [1.54, 1.807) is 17.9 Å². The second kappa shape index (κ2) is 8.77. The molecular formula is C20H21ClN4O3S. The minimum Gasteiger partial charge on any atom is -0.340 e. The molecule has 1 N–H and O–H groups in total. The molecule has 29 heavy (non-hydrogen) atoms. The molecule has 3 rings (SSSR count). The molecule has 1 atom stereocenters. The molecule has 0 fully saturated rings. The van der Waals surface area contributed by atoms with Gasteiger partial charge in [0.25, 0.3) is 0 Å².